The smallest absolute Gasteiger partial charge is 0.407 e. The Bertz CT molecular complexity index is 487. The van der Waals surface area contributed by atoms with E-state index in [9.17, 15) is 4.79 Å². The standard InChI is InChI=1S/C12H16N4O3/c1-7-3-8(2)14-11(13-7)16-5-9-4-15(12(17)18)6-10(9)19-16/h3,9-10H,4-6H2,1-2H3,(H,17,18). The van der Waals surface area contributed by atoms with E-state index >= 15 is 0 Å². The Balaban J connectivity index is 1.73. The zero-order chi connectivity index (χ0) is 13.6. The Kier molecular flexibility index (Phi) is 2.78. The van der Waals surface area contributed by atoms with Crippen LogP contribution in [0.3, 0.4) is 0 Å². The molecule has 3 heterocycles. The van der Waals surface area contributed by atoms with E-state index in [1.54, 1.807) is 5.06 Å². The Morgan fingerprint density at radius 2 is 2.00 bits per heavy atom. The third kappa shape index (κ3) is 2.21. The lowest BCUT2D eigenvalue weighted by atomic mass is 10.1. The number of aromatic nitrogens is 2. The van der Waals surface area contributed by atoms with E-state index in [0.29, 0.717) is 25.6 Å². The molecular formula is C12H16N4O3. The molecule has 2 aliphatic rings. The van der Waals surface area contributed by atoms with Gasteiger partial charge in [0.05, 0.1) is 13.1 Å². The number of aryl methyl sites for hydroxylation is 2. The van der Waals surface area contributed by atoms with Crippen molar-refractivity contribution in [1.82, 2.24) is 14.9 Å². The minimum absolute atomic E-state index is 0.0829. The first-order chi connectivity index (χ1) is 9.02. The van der Waals surface area contributed by atoms with Gasteiger partial charge in [-0.15, -0.1) is 0 Å². The number of rotatable bonds is 1. The summed E-state index contributed by atoms with van der Waals surface area (Å²) in [6.45, 7) is 5.41. The van der Waals surface area contributed by atoms with Crippen LogP contribution in [0.5, 0.6) is 0 Å². The number of likely N-dealkylation sites (tertiary alicyclic amines) is 1. The molecule has 0 aliphatic carbocycles. The molecule has 7 heteroatoms. The zero-order valence-electron chi connectivity index (χ0n) is 10.9. The molecule has 1 aromatic rings. The molecule has 2 fully saturated rings. The van der Waals surface area contributed by atoms with Gasteiger partial charge in [-0.1, -0.05) is 0 Å². The van der Waals surface area contributed by atoms with Crippen LogP contribution in [0.25, 0.3) is 0 Å². The summed E-state index contributed by atoms with van der Waals surface area (Å²) in [7, 11) is 0. The van der Waals surface area contributed by atoms with Gasteiger partial charge in [0, 0.05) is 23.9 Å². The predicted octanol–water partition coefficient (Wildman–Crippen LogP) is 0.823. The summed E-state index contributed by atoms with van der Waals surface area (Å²) in [5.74, 6) is 0.759. The average Bonchev–Trinajstić information content (AvgIpc) is 2.84. The van der Waals surface area contributed by atoms with Gasteiger partial charge in [0.2, 0.25) is 5.95 Å². The van der Waals surface area contributed by atoms with Crippen molar-refractivity contribution in [1.29, 1.82) is 0 Å². The van der Waals surface area contributed by atoms with Crippen molar-refractivity contribution in [3.63, 3.8) is 0 Å². The number of anilines is 1. The quantitative estimate of drug-likeness (QED) is 0.809. The maximum Gasteiger partial charge on any atom is 0.407 e. The van der Waals surface area contributed by atoms with E-state index in [4.69, 9.17) is 9.94 Å². The molecule has 0 bridgehead atoms. The molecule has 3 rings (SSSR count). The van der Waals surface area contributed by atoms with Gasteiger partial charge in [0.1, 0.15) is 6.10 Å². The minimum Gasteiger partial charge on any atom is -0.465 e. The van der Waals surface area contributed by atoms with Gasteiger partial charge in [-0.05, 0) is 19.9 Å². The number of nitrogens with zero attached hydrogens (tertiary/aromatic N) is 4. The van der Waals surface area contributed by atoms with Crippen molar-refractivity contribution >= 4 is 12.0 Å². The average molecular weight is 264 g/mol. The van der Waals surface area contributed by atoms with Crippen molar-refractivity contribution < 1.29 is 14.7 Å². The van der Waals surface area contributed by atoms with E-state index in [1.165, 1.54) is 4.90 Å². The predicted molar refractivity (Wildman–Crippen MR) is 66.8 cm³/mol. The Labute approximate surface area is 110 Å². The number of carbonyl (C=O) groups is 1. The van der Waals surface area contributed by atoms with Crippen LogP contribution in [0.2, 0.25) is 0 Å². The molecule has 19 heavy (non-hydrogen) atoms. The molecule has 2 saturated heterocycles. The van der Waals surface area contributed by atoms with E-state index in [1.807, 2.05) is 19.9 Å². The molecule has 1 amide bonds. The van der Waals surface area contributed by atoms with Crippen LogP contribution in [0.15, 0.2) is 6.07 Å². The highest BCUT2D eigenvalue weighted by atomic mass is 16.7. The second-order valence-electron chi connectivity index (χ2n) is 5.10. The van der Waals surface area contributed by atoms with Gasteiger partial charge < -0.3 is 10.0 Å². The molecule has 1 N–H and O–H groups in total. The van der Waals surface area contributed by atoms with Gasteiger partial charge in [-0.25, -0.2) is 19.8 Å². The van der Waals surface area contributed by atoms with Gasteiger partial charge in [-0.3, -0.25) is 4.84 Å². The zero-order valence-corrected chi connectivity index (χ0v) is 10.9. The topological polar surface area (TPSA) is 78.8 Å². The van der Waals surface area contributed by atoms with Crippen molar-refractivity contribution in [3.05, 3.63) is 17.5 Å². The van der Waals surface area contributed by atoms with Gasteiger partial charge in [0.15, 0.2) is 0 Å². The summed E-state index contributed by atoms with van der Waals surface area (Å²) in [6.07, 6.45) is -0.965. The maximum atomic E-state index is 10.9. The van der Waals surface area contributed by atoms with Crippen LogP contribution in [0, 0.1) is 19.8 Å². The molecule has 0 radical (unpaired) electrons. The fourth-order valence-corrected chi connectivity index (χ4v) is 2.66. The van der Waals surface area contributed by atoms with Crippen molar-refractivity contribution in [3.8, 4) is 0 Å². The first-order valence-electron chi connectivity index (χ1n) is 6.27. The largest absolute Gasteiger partial charge is 0.465 e. The van der Waals surface area contributed by atoms with Crippen molar-refractivity contribution in [2.24, 2.45) is 5.92 Å². The van der Waals surface area contributed by atoms with Gasteiger partial charge >= 0.3 is 6.09 Å². The molecule has 0 saturated carbocycles. The summed E-state index contributed by atoms with van der Waals surface area (Å²) < 4.78 is 0. The Morgan fingerprint density at radius 3 is 2.58 bits per heavy atom. The second-order valence-corrected chi connectivity index (χ2v) is 5.10. The monoisotopic (exact) mass is 264 g/mol. The molecular weight excluding hydrogens is 248 g/mol. The summed E-state index contributed by atoms with van der Waals surface area (Å²) in [5, 5.41) is 10.6. The molecule has 7 nitrogen and oxygen atoms in total. The van der Waals surface area contributed by atoms with Gasteiger partial charge in [0.25, 0.3) is 0 Å². The van der Waals surface area contributed by atoms with E-state index in [-0.39, 0.29) is 12.0 Å². The summed E-state index contributed by atoms with van der Waals surface area (Å²) in [6, 6.07) is 1.91. The third-order valence-corrected chi connectivity index (χ3v) is 3.51. The lowest BCUT2D eigenvalue weighted by Gasteiger charge is -2.19. The van der Waals surface area contributed by atoms with Crippen molar-refractivity contribution in [2.45, 2.75) is 20.0 Å². The molecule has 2 aliphatic heterocycles. The highest BCUT2D eigenvalue weighted by Gasteiger charge is 2.44. The highest BCUT2D eigenvalue weighted by Crippen LogP contribution is 2.30. The van der Waals surface area contributed by atoms with Crippen LogP contribution < -0.4 is 5.06 Å². The first kappa shape index (κ1) is 12.2. The third-order valence-electron chi connectivity index (χ3n) is 3.51. The van der Waals surface area contributed by atoms with Crippen molar-refractivity contribution in [2.75, 3.05) is 24.7 Å². The molecule has 0 aromatic carbocycles. The van der Waals surface area contributed by atoms with Crippen LogP contribution in [0.4, 0.5) is 10.7 Å². The van der Waals surface area contributed by atoms with Crippen LogP contribution in [0.1, 0.15) is 11.4 Å². The normalized spacial score (nSPS) is 25.8. The Hall–Kier alpha value is -1.89. The highest BCUT2D eigenvalue weighted by molar-refractivity contribution is 5.65. The second kappa shape index (κ2) is 4.34. The van der Waals surface area contributed by atoms with E-state index < -0.39 is 6.09 Å². The molecule has 0 spiro atoms. The van der Waals surface area contributed by atoms with Gasteiger partial charge in [-0.2, -0.15) is 0 Å². The number of hydrogen-bond acceptors (Lipinski definition) is 5. The molecule has 2 unspecified atom stereocenters. The molecule has 1 aromatic heterocycles. The van der Waals surface area contributed by atoms with E-state index in [0.717, 1.165) is 11.4 Å². The van der Waals surface area contributed by atoms with E-state index in [2.05, 4.69) is 9.97 Å². The maximum absolute atomic E-state index is 10.9. The summed E-state index contributed by atoms with van der Waals surface area (Å²) in [4.78, 5) is 26.8. The minimum atomic E-state index is -0.882. The molecule has 102 valence electrons. The molecule has 2 atom stereocenters. The number of fused-ring (bicyclic) bond motifs is 1. The van der Waals surface area contributed by atoms with Crippen LogP contribution >= 0.6 is 0 Å². The number of hydrogen-bond donors (Lipinski definition) is 1. The lowest BCUT2D eigenvalue weighted by Crippen LogP contribution is -2.32. The first-order valence-corrected chi connectivity index (χ1v) is 6.27. The number of amides is 1. The Morgan fingerprint density at radius 1 is 1.32 bits per heavy atom. The number of hydroxylamine groups is 1. The fraction of sp³-hybridized carbons (Fsp3) is 0.583. The van der Waals surface area contributed by atoms with Crippen LogP contribution in [-0.2, 0) is 4.84 Å². The fourth-order valence-electron chi connectivity index (χ4n) is 2.66. The van der Waals surface area contributed by atoms with Crippen LogP contribution in [-0.4, -0.2) is 51.8 Å². The SMILES string of the molecule is Cc1cc(C)nc(N2CC3CN(C(=O)O)CC3O2)n1. The summed E-state index contributed by atoms with van der Waals surface area (Å²) >= 11 is 0. The lowest BCUT2D eigenvalue weighted by molar-refractivity contribution is 0.0737. The summed E-state index contributed by atoms with van der Waals surface area (Å²) in [5.41, 5.74) is 1.80. The number of carboxylic acid groups (broad SMARTS) is 1.